The summed E-state index contributed by atoms with van der Waals surface area (Å²) in [6, 6.07) is 13.0. The Balaban J connectivity index is 2.33. The SMILES string of the molecule is COC(=O)/C=C(\Oc1ccc(C)cc1)c1ccc([N+](=O)[O-])cc1. The fraction of sp³-hybridized carbons (Fsp3) is 0.118. The Kier molecular flexibility index (Phi) is 5.09. The molecule has 0 atom stereocenters. The highest BCUT2D eigenvalue weighted by Gasteiger charge is 2.11. The fourth-order valence-corrected chi connectivity index (χ4v) is 1.82. The fourth-order valence-electron chi connectivity index (χ4n) is 1.82. The maximum Gasteiger partial charge on any atom is 0.334 e. The predicted molar refractivity (Wildman–Crippen MR) is 84.9 cm³/mol. The first-order valence-electron chi connectivity index (χ1n) is 6.78. The number of aryl methyl sites for hydroxylation is 1. The van der Waals surface area contributed by atoms with E-state index in [4.69, 9.17) is 4.74 Å². The zero-order chi connectivity index (χ0) is 16.8. The molecule has 23 heavy (non-hydrogen) atoms. The molecule has 0 aliphatic rings. The Morgan fingerprint density at radius 3 is 2.22 bits per heavy atom. The molecular weight excluding hydrogens is 298 g/mol. The normalized spacial score (nSPS) is 11.0. The second-order valence-corrected chi connectivity index (χ2v) is 4.75. The van der Waals surface area contributed by atoms with Crippen LogP contribution in [-0.4, -0.2) is 18.0 Å². The van der Waals surface area contributed by atoms with Crippen molar-refractivity contribution in [3.8, 4) is 5.75 Å². The summed E-state index contributed by atoms with van der Waals surface area (Å²) in [5.74, 6) is 0.213. The van der Waals surface area contributed by atoms with Crippen LogP contribution in [-0.2, 0) is 9.53 Å². The molecule has 0 saturated heterocycles. The van der Waals surface area contributed by atoms with E-state index in [2.05, 4.69) is 4.74 Å². The third-order valence-corrected chi connectivity index (χ3v) is 3.06. The number of nitro benzene ring substituents is 1. The lowest BCUT2D eigenvalue weighted by Crippen LogP contribution is -2.02. The number of non-ortho nitro benzene ring substituents is 1. The lowest BCUT2D eigenvalue weighted by molar-refractivity contribution is -0.384. The van der Waals surface area contributed by atoms with Crippen molar-refractivity contribution in [1.82, 2.24) is 0 Å². The quantitative estimate of drug-likeness (QED) is 0.277. The summed E-state index contributed by atoms with van der Waals surface area (Å²) >= 11 is 0. The van der Waals surface area contributed by atoms with Gasteiger partial charge in [0.15, 0.2) is 0 Å². The van der Waals surface area contributed by atoms with Gasteiger partial charge >= 0.3 is 5.97 Å². The lowest BCUT2D eigenvalue weighted by Gasteiger charge is -2.10. The van der Waals surface area contributed by atoms with Gasteiger partial charge in [-0.1, -0.05) is 17.7 Å². The Labute approximate surface area is 133 Å². The molecule has 0 saturated carbocycles. The van der Waals surface area contributed by atoms with Crippen LogP contribution in [0.5, 0.6) is 5.75 Å². The van der Waals surface area contributed by atoms with Gasteiger partial charge in [-0.05, 0) is 31.2 Å². The number of rotatable bonds is 5. The molecule has 0 spiro atoms. The highest BCUT2D eigenvalue weighted by Crippen LogP contribution is 2.23. The van der Waals surface area contributed by atoms with E-state index in [1.807, 2.05) is 19.1 Å². The highest BCUT2D eigenvalue weighted by molar-refractivity contribution is 5.90. The van der Waals surface area contributed by atoms with E-state index in [0.717, 1.165) is 5.56 Å². The van der Waals surface area contributed by atoms with Gasteiger partial charge < -0.3 is 9.47 Å². The zero-order valence-electron chi connectivity index (χ0n) is 12.7. The Hall–Kier alpha value is -3.15. The Morgan fingerprint density at radius 2 is 1.70 bits per heavy atom. The van der Waals surface area contributed by atoms with Crippen molar-refractivity contribution in [1.29, 1.82) is 0 Å². The number of ether oxygens (including phenoxy) is 2. The molecule has 0 radical (unpaired) electrons. The van der Waals surface area contributed by atoms with Gasteiger partial charge in [-0.2, -0.15) is 0 Å². The summed E-state index contributed by atoms with van der Waals surface area (Å²) in [4.78, 5) is 21.8. The molecule has 2 aromatic carbocycles. The second-order valence-electron chi connectivity index (χ2n) is 4.75. The molecular formula is C17H15NO5. The molecule has 0 bridgehead atoms. The molecule has 0 fully saturated rings. The number of methoxy groups -OCH3 is 1. The van der Waals surface area contributed by atoms with E-state index in [0.29, 0.717) is 11.3 Å². The standard InChI is InChI=1S/C17H15NO5/c1-12-3-9-15(10-4-12)23-16(11-17(19)22-2)13-5-7-14(8-6-13)18(20)21/h3-11H,1-2H3/b16-11-. The third-order valence-electron chi connectivity index (χ3n) is 3.06. The summed E-state index contributed by atoms with van der Waals surface area (Å²) < 4.78 is 10.3. The van der Waals surface area contributed by atoms with Crippen molar-refractivity contribution >= 4 is 17.4 Å². The molecule has 2 rings (SSSR count). The van der Waals surface area contributed by atoms with E-state index in [1.165, 1.54) is 37.5 Å². The summed E-state index contributed by atoms with van der Waals surface area (Å²) in [5.41, 5.74) is 1.56. The minimum atomic E-state index is -0.578. The first-order chi connectivity index (χ1) is 11.0. The molecule has 0 unspecified atom stereocenters. The van der Waals surface area contributed by atoms with Gasteiger partial charge in [0.05, 0.1) is 18.1 Å². The van der Waals surface area contributed by atoms with Crippen LogP contribution in [0.15, 0.2) is 54.6 Å². The number of nitrogens with zero attached hydrogens (tertiary/aromatic N) is 1. The maximum atomic E-state index is 11.5. The van der Waals surface area contributed by atoms with Gasteiger partial charge in [0.1, 0.15) is 11.5 Å². The van der Waals surface area contributed by atoms with Gasteiger partial charge in [-0.3, -0.25) is 10.1 Å². The average Bonchev–Trinajstić information content (AvgIpc) is 2.56. The van der Waals surface area contributed by atoms with Crippen LogP contribution in [0.3, 0.4) is 0 Å². The number of nitro groups is 1. The monoisotopic (exact) mass is 313 g/mol. The van der Waals surface area contributed by atoms with Crippen LogP contribution in [0.4, 0.5) is 5.69 Å². The van der Waals surface area contributed by atoms with Crippen LogP contribution in [0.25, 0.3) is 5.76 Å². The van der Waals surface area contributed by atoms with Crippen molar-refractivity contribution in [2.45, 2.75) is 6.92 Å². The van der Waals surface area contributed by atoms with E-state index < -0.39 is 10.9 Å². The van der Waals surface area contributed by atoms with E-state index in [9.17, 15) is 14.9 Å². The topological polar surface area (TPSA) is 78.7 Å². The third kappa shape index (κ3) is 4.41. The largest absolute Gasteiger partial charge is 0.466 e. The van der Waals surface area contributed by atoms with Gasteiger partial charge in [-0.25, -0.2) is 4.79 Å². The summed E-state index contributed by atoms with van der Waals surface area (Å²) in [7, 11) is 1.26. The zero-order valence-corrected chi connectivity index (χ0v) is 12.7. The number of carbonyl (C=O) groups is 1. The maximum absolute atomic E-state index is 11.5. The molecule has 0 heterocycles. The van der Waals surface area contributed by atoms with Crippen molar-refractivity contribution in [3.63, 3.8) is 0 Å². The number of hydrogen-bond acceptors (Lipinski definition) is 5. The lowest BCUT2D eigenvalue weighted by atomic mass is 10.1. The van der Waals surface area contributed by atoms with Gasteiger partial charge in [0.2, 0.25) is 0 Å². The van der Waals surface area contributed by atoms with E-state index in [1.54, 1.807) is 12.1 Å². The molecule has 0 amide bonds. The smallest absolute Gasteiger partial charge is 0.334 e. The average molecular weight is 313 g/mol. The van der Waals surface area contributed by atoms with Gasteiger partial charge in [-0.15, -0.1) is 0 Å². The molecule has 0 aromatic heterocycles. The molecule has 118 valence electrons. The van der Waals surface area contributed by atoms with Crippen LogP contribution in [0.2, 0.25) is 0 Å². The van der Waals surface area contributed by atoms with Gasteiger partial charge in [0, 0.05) is 17.7 Å². The second kappa shape index (κ2) is 7.22. The van der Waals surface area contributed by atoms with Crippen LogP contribution >= 0.6 is 0 Å². The first kappa shape index (κ1) is 16.2. The first-order valence-corrected chi connectivity index (χ1v) is 6.78. The van der Waals surface area contributed by atoms with Crippen LogP contribution < -0.4 is 4.74 Å². The number of hydrogen-bond donors (Lipinski definition) is 0. The minimum absolute atomic E-state index is 0.0403. The summed E-state index contributed by atoms with van der Waals surface area (Å²) in [6.45, 7) is 1.95. The summed E-state index contributed by atoms with van der Waals surface area (Å²) in [5, 5.41) is 10.7. The molecule has 2 aromatic rings. The molecule has 0 aliphatic carbocycles. The molecule has 6 nitrogen and oxygen atoms in total. The van der Waals surface area contributed by atoms with Crippen molar-refractivity contribution in [3.05, 3.63) is 75.8 Å². The number of carbonyl (C=O) groups excluding carboxylic acids is 1. The highest BCUT2D eigenvalue weighted by atomic mass is 16.6. The number of esters is 1. The Bertz CT molecular complexity index is 733. The summed E-state index contributed by atoms with van der Waals surface area (Å²) in [6.07, 6.45) is 1.20. The van der Waals surface area contributed by atoms with Crippen molar-refractivity contribution in [2.75, 3.05) is 7.11 Å². The predicted octanol–water partition coefficient (Wildman–Crippen LogP) is 3.50. The minimum Gasteiger partial charge on any atom is -0.466 e. The Morgan fingerprint density at radius 1 is 1.09 bits per heavy atom. The van der Waals surface area contributed by atoms with Crippen molar-refractivity contribution < 1.29 is 19.2 Å². The van der Waals surface area contributed by atoms with E-state index >= 15 is 0 Å². The van der Waals surface area contributed by atoms with Gasteiger partial charge in [0.25, 0.3) is 5.69 Å². The van der Waals surface area contributed by atoms with E-state index in [-0.39, 0.29) is 11.4 Å². The molecule has 6 heteroatoms. The number of benzene rings is 2. The van der Waals surface area contributed by atoms with Crippen molar-refractivity contribution in [2.24, 2.45) is 0 Å². The van der Waals surface area contributed by atoms with Crippen LogP contribution in [0.1, 0.15) is 11.1 Å². The van der Waals surface area contributed by atoms with Crippen LogP contribution in [0, 0.1) is 17.0 Å². The molecule has 0 N–H and O–H groups in total. The molecule has 0 aliphatic heterocycles.